The van der Waals surface area contributed by atoms with Crippen LogP contribution in [0.2, 0.25) is 18.1 Å². The molecule has 0 bridgehead atoms. The van der Waals surface area contributed by atoms with Crippen LogP contribution in [0.4, 0.5) is 0 Å². The fourth-order valence-corrected chi connectivity index (χ4v) is 4.45. The first-order chi connectivity index (χ1) is 16.6. The van der Waals surface area contributed by atoms with E-state index in [4.69, 9.17) is 13.9 Å². The molecule has 5 heteroatoms. The van der Waals surface area contributed by atoms with Crippen LogP contribution in [-0.4, -0.2) is 27.6 Å². The van der Waals surface area contributed by atoms with Crippen LogP contribution in [0.3, 0.4) is 0 Å². The monoisotopic (exact) mass is 488 g/mol. The van der Waals surface area contributed by atoms with Gasteiger partial charge in [0.05, 0.1) is 20.8 Å². The lowest BCUT2D eigenvalue weighted by molar-refractivity contribution is 0.239. The molecule has 184 valence electrons. The van der Waals surface area contributed by atoms with Gasteiger partial charge in [0, 0.05) is 11.1 Å². The van der Waals surface area contributed by atoms with E-state index in [-0.39, 0.29) is 5.04 Å². The van der Waals surface area contributed by atoms with E-state index < -0.39 is 14.4 Å². The molecule has 0 fully saturated rings. The highest BCUT2D eigenvalue weighted by molar-refractivity contribution is 6.74. The van der Waals surface area contributed by atoms with Crippen LogP contribution in [-0.2, 0) is 11.0 Å². The second kappa shape index (κ2) is 11.1. The van der Waals surface area contributed by atoms with E-state index in [0.29, 0.717) is 18.1 Å². The van der Waals surface area contributed by atoms with Crippen molar-refractivity contribution in [3.63, 3.8) is 0 Å². The maximum absolute atomic E-state index is 11.1. The predicted octanol–water partition coefficient (Wildman–Crippen LogP) is 6.98. The molecule has 1 unspecified atom stereocenters. The number of rotatable bonds is 7. The molecule has 0 aliphatic heterocycles. The Hall–Kier alpha value is -3.04. The molecule has 4 nitrogen and oxygen atoms in total. The van der Waals surface area contributed by atoms with E-state index in [2.05, 4.69) is 45.7 Å². The Kier molecular flexibility index (Phi) is 8.45. The van der Waals surface area contributed by atoms with Crippen LogP contribution < -0.4 is 9.47 Å². The number of methoxy groups -OCH3 is 2. The Morgan fingerprint density at radius 1 is 0.857 bits per heavy atom. The lowest BCUT2D eigenvalue weighted by atomic mass is 9.92. The van der Waals surface area contributed by atoms with Crippen molar-refractivity contribution in [2.24, 2.45) is 0 Å². The molecule has 0 spiro atoms. The largest absolute Gasteiger partial charge is 0.493 e. The lowest BCUT2D eigenvalue weighted by Crippen LogP contribution is -2.40. The van der Waals surface area contributed by atoms with Gasteiger partial charge in [-0.1, -0.05) is 75.1 Å². The molecule has 35 heavy (non-hydrogen) atoms. The Bertz CT molecular complexity index is 1200. The van der Waals surface area contributed by atoms with Gasteiger partial charge < -0.3 is 19.0 Å². The summed E-state index contributed by atoms with van der Waals surface area (Å²) in [6.45, 7) is 11.6. The van der Waals surface area contributed by atoms with E-state index >= 15 is 0 Å². The fraction of sp³-hybridized carbons (Fsp3) is 0.333. The first-order valence-electron chi connectivity index (χ1n) is 11.8. The summed E-state index contributed by atoms with van der Waals surface area (Å²) in [6.07, 6.45) is -0.950. The molecule has 0 aromatic heterocycles. The first-order valence-corrected chi connectivity index (χ1v) is 14.7. The van der Waals surface area contributed by atoms with E-state index in [1.807, 2.05) is 66.7 Å². The summed E-state index contributed by atoms with van der Waals surface area (Å²) in [4.78, 5) is 0. The van der Waals surface area contributed by atoms with Crippen molar-refractivity contribution < 1.29 is 19.0 Å². The van der Waals surface area contributed by atoms with Gasteiger partial charge in [0.1, 0.15) is 6.10 Å². The Morgan fingerprint density at radius 3 is 2.09 bits per heavy atom. The van der Waals surface area contributed by atoms with Crippen molar-refractivity contribution in [2.45, 2.75) is 51.6 Å². The summed E-state index contributed by atoms with van der Waals surface area (Å²) in [7, 11) is 1.27. The van der Waals surface area contributed by atoms with E-state index in [9.17, 15) is 5.11 Å². The first kappa shape index (κ1) is 26.6. The molecule has 0 radical (unpaired) electrons. The van der Waals surface area contributed by atoms with E-state index in [1.54, 1.807) is 14.2 Å². The molecule has 0 saturated heterocycles. The van der Waals surface area contributed by atoms with Gasteiger partial charge in [-0.2, -0.15) is 0 Å². The Labute approximate surface area is 211 Å². The minimum atomic E-state index is -1.99. The van der Waals surface area contributed by atoms with E-state index in [1.165, 1.54) is 0 Å². The molecule has 1 N–H and O–H groups in total. The third kappa shape index (κ3) is 6.35. The molecular formula is C30H36O4Si. The lowest BCUT2D eigenvalue weighted by Gasteiger charge is -2.36. The summed E-state index contributed by atoms with van der Waals surface area (Å²) in [5, 5.41) is 11.1. The van der Waals surface area contributed by atoms with Gasteiger partial charge in [-0.15, -0.1) is 0 Å². The van der Waals surface area contributed by atoms with Gasteiger partial charge in [0.2, 0.25) is 0 Å². The number of aliphatic hydroxyl groups excluding tert-OH is 1. The predicted molar refractivity (Wildman–Crippen MR) is 145 cm³/mol. The quantitative estimate of drug-likeness (QED) is 0.288. The molecule has 1 atom stereocenters. The average molecular weight is 489 g/mol. The SMILES string of the molecule is COc1cc(CO[Si](C)(C)C(C)(C)C)c(-c2ccccc2C(O)C#Cc2ccccc2)cc1OC. The van der Waals surface area contributed by atoms with Crippen LogP contribution in [0.5, 0.6) is 11.5 Å². The van der Waals surface area contributed by atoms with Gasteiger partial charge in [0.25, 0.3) is 0 Å². The summed E-state index contributed by atoms with van der Waals surface area (Å²) < 4.78 is 17.8. The highest BCUT2D eigenvalue weighted by Gasteiger charge is 2.37. The molecule has 0 aliphatic carbocycles. The summed E-state index contributed by atoms with van der Waals surface area (Å²) >= 11 is 0. The van der Waals surface area contributed by atoms with Crippen molar-refractivity contribution in [1.82, 2.24) is 0 Å². The normalized spacial score (nSPS) is 12.5. The zero-order chi connectivity index (χ0) is 25.6. The maximum atomic E-state index is 11.1. The third-order valence-corrected chi connectivity index (χ3v) is 11.2. The maximum Gasteiger partial charge on any atom is 0.192 e. The van der Waals surface area contributed by atoms with Crippen LogP contribution in [0.1, 0.15) is 43.6 Å². The number of ether oxygens (including phenoxy) is 2. The van der Waals surface area contributed by atoms with Crippen molar-refractivity contribution in [1.29, 1.82) is 0 Å². The highest BCUT2D eigenvalue weighted by atomic mass is 28.4. The van der Waals surface area contributed by atoms with Gasteiger partial charge in [-0.3, -0.25) is 0 Å². The Morgan fingerprint density at radius 2 is 1.46 bits per heavy atom. The molecule has 0 amide bonds. The molecule has 0 heterocycles. The molecular weight excluding hydrogens is 452 g/mol. The van der Waals surface area contributed by atoms with Crippen LogP contribution >= 0.6 is 0 Å². The van der Waals surface area contributed by atoms with Crippen molar-refractivity contribution in [3.05, 3.63) is 83.4 Å². The molecule has 3 aromatic rings. The smallest absolute Gasteiger partial charge is 0.192 e. The van der Waals surface area contributed by atoms with Gasteiger partial charge in [-0.25, -0.2) is 0 Å². The molecule has 0 aliphatic rings. The second-order valence-corrected chi connectivity index (χ2v) is 14.8. The van der Waals surface area contributed by atoms with Crippen LogP contribution in [0, 0.1) is 11.8 Å². The standard InChI is InChI=1S/C30H36O4Si/c1-30(2,3)35(6,7)34-21-23-19-28(32-4)29(33-5)20-26(23)24-15-11-12-16-25(24)27(31)18-17-22-13-9-8-10-14-22/h8-16,19-20,27,31H,21H2,1-7H3. The highest BCUT2D eigenvalue weighted by Crippen LogP contribution is 2.41. The van der Waals surface area contributed by atoms with Crippen LogP contribution in [0.15, 0.2) is 66.7 Å². The zero-order valence-corrected chi connectivity index (χ0v) is 22.8. The zero-order valence-electron chi connectivity index (χ0n) is 21.8. The number of hydrogen-bond acceptors (Lipinski definition) is 4. The topological polar surface area (TPSA) is 47.9 Å². The summed E-state index contributed by atoms with van der Waals surface area (Å²) in [6, 6.07) is 21.4. The molecule has 3 aromatic carbocycles. The van der Waals surface area contributed by atoms with Gasteiger partial charge in [0.15, 0.2) is 19.8 Å². The molecule has 3 rings (SSSR count). The fourth-order valence-electron chi connectivity index (χ4n) is 3.50. The van der Waals surface area contributed by atoms with Crippen molar-refractivity contribution in [2.75, 3.05) is 14.2 Å². The minimum absolute atomic E-state index is 0.0881. The van der Waals surface area contributed by atoms with Crippen molar-refractivity contribution in [3.8, 4) is 34.5 Å². The van der Waals surface area contributed by atoms with E-state index in [0.717, 1.165) is 27.8 Å². The van der Waals surface area contributed by atoms with Crippen molar-refractivity contribution >= 4 is 8.32 Å². The number of benzene rings is 3. The second-order valence-electron chi connectivity index (χ2n) is 10.0. The third-order valence-electron chi connectivity index (χ3n) is 6.68. The minimum Gasteiger partial charge on any atom is -0.493 e. The Balaban J connectivity index is 2.08. The molecule has 0 saturated carbocycles. The number of hydrogen-bond donors (Lipinski definition) is 1. The summed E-state index contributed by atoms with van der Waals surface area (Å²) in [5.74, 6) is 7.34. The van der Waals surface area contributed by atoms with Gasteiger partial charge in [-0.05, 0) is 59.1 Å². The average Bonchev–Trinajstić information content (AvgIpc) is 2.85. The number of aliphatic hydroxyl groups is 1. The van der Waals surface area contributed by atoms with Gasteiger partial charge >= 0.3 is 0 Å². The summed E-state index contributed by atoms with van der Waals surface area (Å²) in [5.41, 5.74) is 4.38. The van der Waals surface area contributed by atoms with Crippen LogP contribution in [0.25, 0.3) is 11.1 Å².